The van der Waals surface area contributed by atoms with Gasteiger partial charge >= 0.3 is 0 Å². The Bertz CT molecular complexity index is 725. The topological polar surface area (TPSA) is 50.7 Å². The molecule has 0 heterocycles. The number of hydrazone groups is 1. The number of hydrogen-bond donors (Lipinski definition) is 1. The van der Waals surface area contributed by atoms with Crippen molar-refractivity contribution in [2.24, 2.45) is 5.10 Å². The van der Waals surface area contributed by atoms with Gasteiger partial charge in [0, 0.05) is 3.57 Å². The number of carbonyl (C=O) groups is 1. The van der Waals surface area contributed by atoms with Gasteiger partial charge in [0.25, 0.3) is 5.91 Å². The second-order valence-corrected chi connectivity index (χ2v) is 7.08. The maximum absolute atomic E-state index is 11.9. The van der Waals surface area contributed by atoms with Crippen molar-refractivity contribution in [2.75, 3.05) is 6.61 Å². The Hall–Kier alpha value is -1.89. The molecule has 0 radical (unpaired) electrons. The number of aryl methyl sites for hydroxylation is 1. The standard InChI is InChI=1S/C19H21IN2O2/c1-13(2)17-9-4-14(3)10-18(17)24-12-19(23)22-21-11-15-5-7-16(20)8-6-15/h4-11,13H,12H2,1-3H3,(H,22,23)/b21-11+. The Morgan fingerprint density at radius 1 is 1.25 bits per heavy atom. The molecular formula is C19H21IN2O2. The maximum atomic E-state index is 11.9. The number of amides is 1. The lowest BCUT2D eigenvalue weighted by molar-refractivity contribution is -0.123. The van der Waals surface area contributed by atoms with Crippen LogP contribution in [0.4, 0.5) is 0 Å². The van der Waals surface area contributed by atoms with E-state index in [0.29, 0.717) is 5.92 Å². The first-order valence-corrected chi connectivity index (χ1v) is 8.84. The molecule has 4 nitrogen and oxygen atoms in total. The number of benzene rings is 2. The van der Waals surface area contributed by atoms with Gasteiger partial charge in [-0.25, -0.2) is 5.43 Å². The van der Waals surface area contributed by atoms with Gasteiger partial charge in [-0.15, -0.1) is 0 Å². The van der Waals surface area contributed by atoms with Gasteiger partial charge in [-0.2, -0.15) is 5.10 Å². The zero-order valence-electron chi connectivity index (χ0n) is 14.0. The van der Waals surface area contributed by atoms with Crippen LogP contribution >= 0.6 is 22.6 Å². The predicted molar refractivity (Wildman–Crippen MR) is 106 cm³/mol. The number of hydrogen-bond acceptors (Lipinski definition) is 3. The first-order valence-electron chi connectivity index (χ1n) is 7.76. The first-order chi connectivity index (χ1) is 11.5. The van der Waals surface area contributed by atoms with Gasteiger partial charge in [-0.3, -0.25) is 4.79 Å². The lowest BCUT2D eigenvalue weighted by Crippen LogP contribution is -2.25. The molecule has 0 aliphatic heterocycles. The fourth-order valence-electron chi connectivity index (χ4n) is 2.15. The van der Waals surface area contributed by atoms with Gasteiger partial charge in [0.2, 0.25) is 0 Å². The number of ether oxygens (including phenoxy) is 1. The van der Waals surface area contributed by atoms with Crippen molar-refractivity contribution in [3.8, 4) is 5.75 Å². The molecule has 0 aromatic heterocycles. The van der Waals surface area contributed by atoms with Gasteiger partial charge in [0.05, 0.1) is 6.21 Å². The van der Waals surface area contributed by atoms with E-state index in [1.165, 1.54) is 0 Å². The molecule has 0 saturated carbocycles. The van der Waals surface area contributed by atoms with Crippen molar-refractivity contribution in [3.05, 3.63) is 62.7 Å². The Morgan fingerprint density at radius 3 is 2.62 bits per heavy atom. The number of halogens is 1. The fraction of sp³-hybridized carbons (Fsp3) is 0.263. The quantitative estimate of drug-likeness (QED) is 0.418. The highest BCUT2D eigenvalue weighted by Crippen LogP contribution is 2.27. The predicted octanol–water partition coefficient (Wildman–Crippen LogP) is 4.25. The van der Waals surface area contributed by atoms with Gasteiger partial charge < -0.3 is 4.74 Å². The Morgan fingerprint density at radius 2 is 1.96 bits per heavy atom. The third-order valence-electron chi connectivity index (χ3n) is 3.42. The molecule has 5 heteroatoms. The summed E-state index contributed by atoms with van der Waals surface area (Å²) in [5.41, 5.74) is 5.61. The first kappa shape index (κ1) is 18.4. The van der Waals surface area contributed by atoms with Crippen LogP contribution in [0, 0.1) is 10.5 Å². The number of rotatable bonds is 6. The number of nitrogens with one attached hydrogen (secondary N) is 1. The number of nitrogens with zero attached hydrogens (tertiary/aromatic N) is 1. The summed E-state index contributed by atoms with van der Waals surface area (Å²) in [5, 5.41) is 3.95. The molecule has 2 rings (SSSR count). The zero-order chi connectivity index (χ0) is 17.5. The van der Waals surface area contributed by atoms with Crippen LogP contribution in [-0.4, -0.2) is 18.7 Å². The van der Waals surface area contributed by atoms with Crippen LogP contribution in [0.1, 0.15) is 36.5 Å². The van der Waals surface area contributed by atoms with E-state index >= 15 is 0 Å². The SMILES string of the molecule is Cc1ccc(C(C)C)c(OCC(=O)N/N=C/c2ccc(I)cc2)c1. The third kappa shape index (κ3) is 5.63. The molecule has 0 saturated heterocycles. The summed E-state index contributed by atoms with van der Waals surface area (Å²) in [6.45, 7) is 6.14. The lowest BCUT2D eigenvalue weighted by Gasteiger charge is -2.14. The number of carbonyl (C=O) groups excluding carboxylic acids is 1. The van der Waals surface area contributed by atoms with E-state index in [9.17, 15) is 4.79 Å². The minimum Gasteiger partial charge on any atom is -0.483 e. The molecule has 0 atom stereocenters. The lowest BCUT2D eigenvalue weighted by atomic mass is 10.0. The molecule has 0 aliphatic carbocycles. The molecule has 0 aliphatic rings. The van der Waals surface area contributed by atoms with E-state index in [1.807, 2.05) is 49.4 Å². The molecule has 0 fully saturated rings. The summed E-state index contributed by atoms with van der Waals surface area (Å²) in [7, 11) is 0. The molecule has 2 aromatic carbocycles. The van der Waals surface area contributed by atoms with Crippen molar-refractivity contribution >= 4 is 34.7 Å². The van der Waals surface area contributed by atoms with Gasteiger partial charge in [0.1, 0.15) is 5.75 Å². The normalized spacial score (nSPS) is 11.0. The summed E-state index contributed by atoms with van der Waals surface area (Å²) in [4.78, 5) is 11.9. The Balaban J connectivity index is 1.89. The van der Waals surface area contributed by atoms with Crippen LogP contribution in [0.2, 0.25) is 0 Å². The van der Waals surface area contributed by atoms with Gasteiger partial charge in [-0.1, -0.05) is 38.1 Å². The summed E-state index contributed by atoms with van der Waals surface area (Å²) < 4.78 is 6.83. The molecule has 0 unspecified atom stereocenters. The zero-order valence-corrected chi connectivity index (χ0v) is 16.2. The average molecular weight is 436 g/mol. The molecule has 1 N–H and O–H groups in total. The monoisotopic (exact) mass is 436 g/mol. The minimum atomic E-state index is -0.284. The van der Waals surface area contributed by atoms with E-state index < -0.39 is 0 Å². The second kappa shape index (κ2) is 8.82. The summed E-state index contributed by atoms with van der Waals surface area (Å²) in [5.74, 6) is 0.803. The van der Waals surface area contributed by atoms with Crippen molar-refractivity contribution < 1.29 is 9.53 Å². The van der Waals surface area contributed by atoms with Crippen LogP contribution in [-0.2, 0) is 4.79 Å². The second-order valence-electron chi connectivity index (χ2n) is 5.83. The van der Waals surface area contributed by atoms with E-state index in [2.05, 4.69) is 47.0 Å². The van der Waals surface area contributed by atoms with Crippen LogP contribution < -0.4 is 10.2 Å². The Kier molecular flexibility index (Phi) is 6.78. The van der Waals surface area contributed by atoms with E-state index in [-0.39, 0.29) is 12.5 Å². The van der Waals surface area contributed by atoms with Crippen LogP contribution in [0.25, 0.3) is 0 Å². The van der Waals surface area contributed by atoms with Crippen molar-refractivity contribution in [1.82, 2.24) is 5.43 Å². The molecule has 0 bridgehead atoms. The van der Waals surface area contributed by atoms with Crippen LogP contribution in [0.3, 0.4) is 0 Å². The highest BCUT2D eigenvalue weighted by molar-refractivity contribution is 14.1. The van der Waals surface area contributed by atoms with E-state index in [4.69, 9.17) is 4.74 Å². The van der Waals surface area contributed by atoms with Crippen LogP contribution in [0.15, 0.2) is 47.6 Å². The summed E-state index contributed by atoms with van der Waals surface area (Å²) in [6, 6.07) is 13.9. The molecule has 2 aromatic rings. The fourth-order valence-corrected chi connectivity index (χ4v) is 2.51. The molecule has 0 spiro atoms. The molecule has 1 amide bonds. The summed E-state index contributed by atoms with van der Waals surface area (Å²) in [6.07, 6.45) is 1.61. The van der Waals surface area contributed by atoms with E-state index in [1.54, 1.807) is 6.21 Å². The Labute approximate surface area is 156 Å². The van der Waals surface area contributed by atoms with Crippen molar-refractivity contribution in [3.63, 3.8) is 0 Å². The molecule has 24 heavy (non-hydrogen) atoms. The summed E-state index contributed by atoms with van der Waals surface area (Å²) >= 11 is 2.24. The van der Waals surface area contributed by atoms with Gasteiger partial charge in [0.15, 0.2) is 6.61 Å². The minimum absolute atomic E-state index is 0.0623. The molecule has 126 valence electrons. The smallest absolute Gasteiger partial charge is 0.277 e. The van der Waals surface area contributed by atoms with Crippen molar-refractivity contribution in [2.45, 2.75) is 26.7 Å². The highest BCUT2D eigenvalue weighted by Gasteiger charge is 2.09. The molecular weight excluding hydrogens is 415 g/mol. The average Bonchev–Trinajstić information content (AvgIpc) is 2.54. The van der Waals surface area contributed by atoms with E-state index in [0.717, 1.165) is 26.0 Å². The van der Waals surface area contributed by atoms with Gasteiger partial charge in [-0.05, 0) is 70.3 Å². The maximum Gasteiger partial charge on any atom is 0.277 e. The third-order valence-corrected chi connectivity index (χ3v) is 4.14. The highest BCUT2D eigenvalue weighted by atomic mass is 127. The van der Waals surface area contributed by atoms with Crippen molar-refractivity contribution in [1.29, 1.82) is 0 Å². The van der Waals surface area contributed by atoms with Crippen LogP contribution in [0.5, 0.6) is 5.75 Å². The largest absolute Gasteiger partial charge is 0.483 e.